The zero-order valence-corrected chi connectivity index (χ0v) is 15.6. The van der Waals surface area contributed by atoms with Gasteiger partial charge in [-0.05, 0) is 34.1 Å². The third-order valence-electron chi connectivity index (χ3n) is 3.96. The van der Waals surface area contributed by atoms with Gasteiger partial charge in [-0.15, -0.1) is 0 Å². The molecule has 0 bridgehead atoms. The number of nitrogens with one attached hydrogen (secondary N) is 2. The van der Waals surface area contributed by atoms with Gasteiger partial charge >= 0.3 is 0 Å². The zero-order chi connectivity index (χ0) is 17.6. The summed E-state index contributed by atoms with van der Waals surface area (Å²) in [7, 11) is -3.36. The van der Waals surface area contributed by atoms with Crippen LogP contribution in [-0.4, -0.2) is 24.6 Å². The molecule has 0 saturated carbocycles. The molecule has 7 heteroatoms. The molecule has 0 aliphatic carbocycles. The Morgan fingerprint density at radius 1 is 1.08 bits per heavy atom. The lowest BCUT2D eigenvalue weighted by Gasteiger charge is -2.07. The molecule has 0 atom stereocenters. The monoisotopic (exact) mass is 415 g/mol. The molecule has 25 heavy (non-hydrogen) atoms. The molecule has 2 heterocycles. The van der Waals surface area contributed by atoms with Crippen molar-refractivity contribution in [2.45, 2.75) is 0 Å². The minimum atomic E-state index is -3.36. The maximum absolute atomic E-state index is 11.6. The summed E-state index contributed by atoms with van der Waals surface area (Å²) >= 11 is 3.55. The van der Waals surface area contributed by atoms with E-state index < -0.39 is 10.0 Å². The molecule has 0 unspecified atom stereocenters. The molecule has 0 saturated heterocycles. The topological polar surface area (TPSA) is 74.8 Å². The molecule has 2 aromatic heterocycles. The molecule has 0 radical (unpaired) electrons. The number of fused-ring (bicyclic) bond motifs is 3. The van der Waals surface area contributed by atoms with Gasteiger partial charge in [0.2, 0.25) is 10.0 Å². The number of sulfonamides is 1. The van der Waals surface area contributed by atoms with Crippen LogP contribution in [0.25, 0.3) is 33.1 Å². The summed E-state index contributed by atoms with van der Waals surface area (Å²) in [6.45, 7) is 0. The fourth-order valence-corrected chi connectivity index (χ4v) is 4.33. The number of H-pyrrole nitrogens is 1. The van der Waals surface area contributed by atoms with Crippen LogP contribution in [0.5, 0.6) is 0 Å². The molecule has 2 N–H and O–H groups in total. The molecule has 0 fully saturated rings. The number of aromatic nitrogens is 2. The van der Waals surface area contributed by atoms with Crippen LogP contribution in [0.4, 0.5) is 5.69 Å². The molecule has 2 aromatic carbocycles. The van der Waals surface area contributed by atoms with Crippen molar-refractivity contribution in [2.75, 3.05) is 11.0 Å². The van der Waals surface area contributed by atoms with E-state index in [1.165, 1.54) is 0 Å². The first-order valence-electron chi connectivity index (χ1n) is 7.56. The fraction of sp³-hybridized carbons (Fsp3) is 0.0556. The first-order chi connectivity index (χ1) is 11.9. The molecule has 0 amide bonds. The van der Waals surface area contributed by atoms with Gasteiger partial charge in [-0.1, -0.05) is 30.3 Å². The number of pyridine rings is 1. The first kappa shape index (κ1) is 16.1. The van der Waals surface area contributed by atoms with E-state index in [0.29, 0.717) is 10.2 Å². The highest BCUT2D eigenvalue weighted by atomic mass is 79.9. The summed E-state index contributed by atoms with van der Waals surface area (Å²) in [5, 5.41) is 1.90. The summed E-state index contributed by atoms with van der Waals surface area (Å²) in [6.07, 6.45) is 2.90. The molecule has 126 valence electrons. The second-order valence-corrected chi connectivity index (χ2v) is 8.34. The van der Waals surface area contributed by atoms with Crippen LogP contribution in [-0.2, 0) is 10.0 Å². The van der Waals surface area contributed by atoms with Crippen LogP contribution in [0.15, 0.2) is 59.2 Å². The van der Waals surface area contributed by atoms with Crippen molar-refractivity contribution >= 4 is 53.4 Å². The Labute approximate surface area is 153 Å². The number of aromatic amines is 1. The number of hydrogen-bond donors (Lipinski definition) is 2. The molecule has 0 spiro atoms. The highest BCUT2D eigenvalue weighted by Crippen LogP contribution is 2.39. The van der Waals surface area contributed by atoms with E-state index >= 15 is 0 Å². The van der Waals surface area contributed by atoms with Gasteiger partial charge in [-0.25, -0.2) is 8.42 Å². The van der Waals surface area contributed by atoms with E-state index in [2.05, 4.69) is 30.6 Å². The number of anilines is 1. The SMILES string of the molecule is CS(=O)(=O)Nc1ccc2[nH]c3c(-c4ccccc4)nccc3c2c1Br. The predicted molar refractivity (Wildman–Crippen MR) is 105 cm³/mol. The Balaban J connectivity index is 2.02. The highest BCUT2D eigenvalue weighted by Gasteiger charge is 2.16. The lowest BCUT2D eigenvalue weighted by Crippen LogP contribution is -2.09. The van der Waals surface area contributed by atoms with Crippen molar-refractivity contribution in [2.24, 2.45) is 0 Å². The number of nitrogens with zero attached hydrogens (tertiary/aromatic N) is 1. The molecule has 0 aliphatic rings. The van der Waals surface area contributed by atoms with E-state index in [1.807, 2.05) is 42.5 Å². The normalized spacial score (nSPS) is 11.9. The lowest BCUT2D eigenvalue weighted by atomic mass is 10.1. The lowest BCUT2D eigenvalue weighted by molar-refractivity contribution is 0.607. The van der Waals surface area contributed by atoms with Gasteiger partial charge in [0.1, 0.15) is 0 Å². The van der Waals surface area contributed by atoms with Crippen molar-refractivity contribution in [1.29, 1.82) is 0 Å². The van der Waals surface area contributed by atoms with Crippen LogP contribution in [0.3, 0.4) is 0 Å². The molecule has 4 rings (SSSR count). The Morgan fingerprint density at radius 2 is 1.84 bits per heavy atom. The van der Waals surface area contributed by atoms with Crippen LogP contribution < -0.4 is 4.72 Å². The maximum Gasteiger partial charge on any atom is 0.229 e. The number of rotatable bonds is 3. The van der Waals surface area contributed by atoms with Crippen LogP contribution in [0.2, 0.25) is 0 Å². The van der Waals surface area contributed by atoms with Gasteiger partial charge in [-0.3, -0.25) is 9.71 Å². The Hall–Kier alpha value is -2.38. The van der Waals surface area contributed by atoms with Gasteiger partial charge in [0.25, 0.3) is 0 Å². The Morgan fingerprint density at radius 3 is 2.56 bits per heavy atom. The van der Waals surface area contributed by atoms with Crippen LogP contribution in [0.1, 0.15) is 0 Å². The summed E-state index contributed by atoms with van der Waals surface area (Å²) in [5.41, 5.74) is 4.21. The van der Waals surface area contributed by atoms with E-state index in [4.69, 9.17) is 0 Å². The summed E-state index contributed by atoms with van der Waals surface area (Å²) in [4.78, 5) is 7.93. The molecular formula is C18H14BrN3O2S. The molecule has 4 aromatic rings. The van der Waals surface area contributed by atoms with Crippen molar-refractivity contribution in [1.82, 2.24) is 9.97 Å². The number of halogens is 1. The zero-order valence-electron chi connectivity index (χ0n) is 13.2. The molecule has 5 nitrogen and oxygen atoms in total. The Kier molecular flexibility index (Phi) is 3.77. The molecule has 0 aliphatic heterocycles. The third kappa shape index (κ3) is 2.89. The Bertz CT molecular complexity index is 1200. The van der Waals surface area contributed by atoms with E-state index in [9.17, 15) is 8.42 Å². The fourth-order valence-electron chi connectivity index (χ4n) is 2.97. The summed E-state index contributed by atoms with van der Waals surface area (Å²) in [6, 6.07) is 15.5. The average molecular weight is 416 g/mol. The second-order valence-electron chi connectivity index (χ2n) is 5.80. The van der Waals surface area contributed by atoms with Crippen molar-refractivity contribution in [3.63, 3.8) is 0 Å². The first-order valence-corrected chi connectivity index (χ1v) is 10.2. The van der Waals surface area contributed by atoms with E-state index in [0.717, 1.165) is 39.3 Å². The highest BCUT2D eigenvalue weighted by molar-refractivity contribution is 9.10. The molecular weight excluding hydrogens is 402 g/mol. The van der Waals surface area contributed by atoms with E-state index in [1.54, 1.807) is 12.3 Å². The van der Waals surface area contributed by atoms with Gasteiger partial charge < -0.3 is 4.98 Å². The smallest absolute Gasteiger partial charge is 0.229 e. The second kappa shape index (κ2) is 5.86. The van der Waals surface area contributed by atoms with Crippen molar-refractivity contribution in [3.05, 3.63) is 59.2 Å². The minimum Gasteiger partial charge on any atom is -0.353 e. The quantitative estimate of drug-likeness (QED) is 0.516. The predicted octanol–water partition coefficient (Wildman–Crippen LogP) is 4.52. The van der Waals surface area contributed by atoms with Gasteiger partial charge in [-0.2, -0.15) is 0 Å². The summed E-state index contributed by atoms with van der Waals surface area (Å²) < 4.78 is 26.4. The third-order valence-corrected chi connectivity index (χ3v) is 5.38. The van der Waals surface area contributed by atoms with Gasteiger partial charge in [0.05, 0.1) is 27.6 Å². The largest absolute Gasteiger partial charge is 0.353 e. The minimum absolute atomic E-state index is 0.508. The van der Waals surface area contributed by atoms with E-state index in [-0.39, 0.29) is 0 Å². The average Bonchev–Trinajstić information content (AvgIpc) is 2.96. The number of benzene rings is 2. The standard InChI is InChI=1S/C18H14BrN3O2S/c1-25(23,24)22-14-8-7-13-15(16(14)19)12-9-10-20-17(18(12)21-13)11-5-3-2-4-6-11/h2-10,21-22H,1H3. The van der Waals surface area contributed by atoms with Gasteiger partial charge in [0, 0.05) is 28.0 Å². The van der Waals surface area contributed by atoms with Crippen molar-refractivity contribution in [3.8, 4) is 11.3 Å². The maximum atomic E-state index is 11.6. The number of hydrogen-bond acceptors (Lipinski definition) is 3. The van der Waals surface area contributed by atoms with Crippen molar-refractivity contribution < 1.29 is 8.42 Å². The van der Waals surface area contributed by atoms with Gasteiger partial charge in [0.15, 0.2) is 0 Å². The van der Waals surface area contributed by atoms with Crippen LogP contribution in [0, 0.1) is 0 Å². The summed E-state index contributed by atoms with van der Waals surface area (Å²) in [5.74, 6) is 0. The van der Waals surface area contributed by atoms with Crippen LogP contribution >= 0.6 is 15.9 Å².